The molecule has 0 aromatic carbocycles. The van der Waals surface area contributed by atoms with Crippen molar-refractivity contribution >= 4 is 5.82 Å². The second-order valence-corrected chi connectivity index (χ2v) is 9.05. The molecular weight excluding hydrogens is 348 g/mol. The zero-order chi connectivity index (χ0) is 19.7. The number of aromatic nitrogens is 4. The first-order chi connectivity index (χ1) is 13.5. The molecule has 2 aromatic heterocycles. The van der Waals surface area contributed by atoms with E-state index in [-0.39, 0.29) is 0 Å². The number of likely N-dealkylation sites (tertiary alicyclic amines) is 1. The Hall–Kier alpha value is -1.95. The standard InChI is InChI=1S/C22H34N6/c1-5-6-15(2)12-28-13-17-9-19(10-18(17)14-28)24-21-8-7-20(25-26-21)22-16(3)11-23-27(22)4/h7-8,11,15,17-19H,5-6,9-10,12-14H2,1-4H3,(H,24,26). The molecule has 3 atom stereocenters. The van der Waals surface area contributed by atoms with E-state index in [1.54, 1.807) is 0 Å². The summed E-state index contributed by atoms with van der Waals surface area (Å²) < 4.78 is 1.86. The number of nitrogens with one attached hydrogen (secondary N) is 1. The van der Waals surface area contributed by atoms with E-state index in [1.165, 1.54) is 45.3 Å². The van der Waals surface area contributed by atoms with E-state index in [2.05, 4.69) is 52.4 Å². The molecule has 2 aromatic rings. The summed E-state index contributed by atoms with van der Waals surface area (Å²) in [6.07, 6.45) is 7.03. The van der Waals surface area contributed by atoms with Gasteiger partial charge in [0.1, 0.15) is 11.5 Å². The molecule has 152 valence electrons. The normalized spacial score (nSPS) is 25.8. The second-order valence-electron chi connectivity index (χ2n) is 9.05. The highest BCUT2D eigenvalue weighted by molar-refractivity contribution is 5.59. The van der Waals surface area contributed by atoms with Crippen molar-refractivity contribution in [1.29, 1.82) is 0 Å². The minimum absolute atomic E-state index is 0.531. The Morgan fingerprint density at radius 3 is 2.50 bits per heavy atom. The lowest BCUT2D eigenvalue weighted by Crippen LogP contribution is -2.29. The topological polar surface area (TPSA) is 58.9 Å². The van der Waals surface area contributed by atoms with Crippen LogP contribution in [0.25, 0.3) is 11.4 Å². The number of fused-ring (bicyclic) bond motifs is 1. The van der Waals surface area contributed by atoms with Gasteiger partial charge in [-0.15, -0.1) is 10.2 Å². The van der Waals surface area contributed by atoms with Crippen LogP contribution in [0.2, 0.25) is 0 Å². The van der Waals surface area contributed by atoms with Crippen molar-refractivity contribution in [2.45, 2.75) is 52.5 Å². The molecule has 6 nitrogen and oxygen atoms in total. The third kappa shape index (κ3) is 4.07. The third-order valence-electron chi connectivity index (χ3n) is 6.56. The number of aryl methyl sites for hydroxylation is 2. The van der Waals surface area contributed by atoms with Gasteiger partial charge in [0.25, 0.3) is 0 Å². The van der Waals surface area contributed by atoms with Crippen LogP contribution < -0.4 is 5.32 Å². The lowest BCUT2D eigenvalue weighted by atomic mass is 10.0. The predicted molar refractivity (Wildman–Crippen MR) is 113 cm³/mol. The first-order valence-electron chi connectivity index (χ1n) is 10.8. The van der Waals surface area contributed by atoms with Crippen LogP contribution in [-0.4, -0.2) is 50.6 Å². The van der Waals surface area contributed by atoms with Crippen LogP contribution in [0.4, 0.5) is 5.82 Å². The third-order valence-corrected chi connectivity index (χ3v) is 6.56. The summed E-state index contributed by atoms with van der Waals surface area (Å²) in [5.74, 6) is 3.41. The molecule has 1 saturated heterocycles. The Morgan fingerprint density at radius 2 is 1.93 bits per heavy atom. The molecule has 28 heavy (non-hydrogen) atoms. The number of rotatable bonds is 7. The van der Waals surface area contributed by atoms with Crippen LogP contribution in [0, 0.1) is 24.7 Å². The number of hydrogen-bond donors (Lipinski definition) is 1. The van der Waals surface area contributed by atoms with Crippen molar-refractivity contribution in [2.75, 3.05) is 25.0 Å². The van der Waals surface area contributed by atoms with E-state index in [1.807, 2.05) is 24.0 Å². The quantitative estimate of drug-likeness (QED) is 0.790. The molecule has 2 fully saturated rings. The van der Waals surface area contributed by atoms with Crippen molar-refractivity contribution in [2.24, 2.45) is 24.8 Å². The van der Waals surface area contributed by atoms with Gasteiger partial charge in [0.05, 0.1) is 11.9 Å². The summed E-state index contributed by atoms with van der Waals surface area (Å²) >= 11 is 0. The van der Waals surface area contributed by atoms with Gasteiger partial charge in [0.2, 0.25) is 0 Å². The van der Waals surface area contributed by atoms with Gasteiger partial charge in [-0.1, -0.05) is 20.3 Å². The Bertz CT molecular complexity index is 749. The molecule has 0 spiro atoms. The molecule has 3 heterocycles. The van der Waals surface area contributed by atoms with E-state index >= 15 is 0 Å². The highest BCUT2D eigenvalue weighted by Crippen LogP contribution is 2.39. The van der Waals surface area contributed by atoms with Gasteiger partial charge >= 0.3 is 0 Å². The molecular formula is C22H34N6. The number of anilines is 1. The molecule has 4 rings (SSSR count). The van der Waals surface area contributed by atoms with Crippen LogP contribution in [0.5, 0.6) is 0 Å². The Kier molecular flexibility index (Phi) is 5.67. The van der Waals surface area contributed by atoms with Crippen molar-refractivity contribution < 1.29 is 0 Å². The highest BCUT2D eigenvalue weighted by atomic mass is 15.3. The lowest BCUT2D eigenvalue weighted by molar-refractivity contribution is 0.259. The summed E-state index contributed by atoms with van der Waals surface area (Å²) in [6.45, 7) is 10.6. The first-order valence-corrected chi connectivity index (χ1v) is 10.8. The zero-order valence-electron chi connectivity index (χ0n) is 17.7. The van der Waals surface area contributed by atoms with E-state index < -0.39 is 0 Å². The fraction of sp³-hybridized carbons (Fsp3) is 0.682. The monoisotopic (exact) mass is 382 g/mol. The maximum Gasteiger partial charge on any atom is 0.148 e. The maximum atomic E-state index is 4.44. The largest absolute Gasteiger partial charge is 0.366 e. The lowest BCUT2D eigenvalue weighted by Gasteiger charge is -2.22. The fourth-order valence-electron chi connectivity index (χ4n) is 5.35. The van der Waals surface area contributed by atoms with Crippen LogP contribution in [0.15, 0.2) is 18.3 Å². The Balaban J connectivity index is 1.30. The van der Waals surface area contributed by atoms with Gasteiger partial charge in [-0.05, 0) is 61.6 Å². The molecule has 3 unspecified atom stereocenters. The number of nitrogens with zero attached hydrogens (tertiary/aromatic N) is 5. The minimum atomic E-state index is 0.531. The molecule has 1 saturated carbocycles. The summed E-state index contributed by atoms with van der Waals surface area (Å²) in [7, 11) is 1.94. The first kappa shape index (κ1) is 19.4. The van der Waals surface area contributed by atoms with E-state index in [0.717, 1.165) is 40.5 Å². The molecule has 6 heteroatoms. The van der Waals surface area contributed by atoms with Gasteiger partial charge in [-0.2, -0.15) is 5.10 Å². The highest BCUT2D eigenvalue weighted by Gasteiger charge is 2.40. The van der Waals surface area contributed by atoms with Gasteiger partial charge in [0.15, 0.2) is 0 Å². The molecule has 0 bridgehead atoms. The summed E-state index contributed by atoms with van der Waals surface area (Å²) in [5, 5.41) is 16.8. The van der Waals surface area contributed by atoms with Gasteiger partial charge in [0, 0.05) is 32.7 Å². The van der Waals surface area contributed by atoms with Crippen LogP contribution in [0.1, 0.15) is 45.1 Å². The van der Waals surface area contributed by atoms with Gasteiger partial charge < -0.3 is 10.2 Å². The molecule has 1 aliphatic heterocycles. The van der Waals surface area contributed by atoms with E-state index in [4.69, 9.17) is 0 Å². The van der Waals surface area contributed by atoms with Crippen molar-refractivity contribution in [3.63, 3.8) is 0 Å². The van der Waals surface area contributed by atoms with Gasteiger partial charge in [-0.25, -0.2) is 0 Å². The molecule has 1 N–H and O–H groups in total. The number of hydrogen-bond acceptors (Lipinski definition) is 5. The van der Waals surface area contributed by atoms with Crippen LogP contribution in [-0.2, 0) is 7.05 Å². The van der Waals surface area contributed by atoms with Crippen LogP contribution in [0.3, 0.4) is 0 Å². The second kappa shape index (κ2) is 8.19. The molecule has 2 aliphatic rings. The van der Waals surface area contributed by atoms with Crippen molar-refractivity contribution in [3.8, 4) is 11.4 Å². The van der Waals surface area contributed by atoms with Gasteiger partial charge in [-0.3, -0.25) is 4.68 Å². The average molecular weight is 383 g/mol. The average Bonchev–Trinajstić information content (AvgIpc) is 3.29. The zero-order valence-corrected chi connectivity index (χ0v) is 17.7. The van der Waals surface area contributed by atoms with E-state index in [0.29, 0.717) is 6.04 Å². The molecule has 0 radical (unpaired) electrons. The fourth-order valence-corrected chi connectivity index (χ4v) is 5.35. The summed E-state index contributed by atoms with van der Waals surface area (Å²) in [6, 6.07) is 4.64. The smallest absolute Gasteiger partial charge is 0.148 e. The van der Waals surface area contributed by atoms with E-state index in [9.17, 15) is 0 Å². The maximum absolute atomic E-state index is 4.44. The summed E-state index contributed by atoms with van der Waals surface area (Å²) in [5.41, 5.74) is 3.04. The SMILES string of the molecule is CCCC(C)CN1CC2CC(Nc3ccc(-c4c(C)cnn4C)nn3)CC2C1. The minimum Gasteiger partial charge on any atom is -0.366 e. The van der Waals surface area contributed by atoms with Crippen LogP contribution >= 0.6 is 0 Å². The Labute approximate surface area is 168 Å². The van der Waals surface area contributed by atoms with Crippen molar-refractivity contribution in [1.82, 2.24) is 24.9 Å². The molecule has 0 amide bonds. The Morgan fingerprint density at radius 1 is 1.18 bits per heavy atom. The summed E-state index contributed by atoms with van der Waals surface area (Å²) in [4.78, 5) is 2.71. The van der Waals surface area contributed by atoms with Crippen molar-refractivity contribution in [3.05, 3.63) is 23.9 Å². The molecule has 1 aliphatic carbocycles. The predicted octanol–water partition coefficient (Wildman–Crippen LogP) is 3.74.